The quantitative estimate of drug-likeness (QED) is 0.386. The standard InChI is InChI=1S/C20H33N3O2/c1-3-24-15-9-8-14-22-20(21-2)23-16-17-10-4-7-13-19(17)25-18-11-5-6-12-18/h4,7,10,13,18H,3,5-6,8-9,11-12,14-16H2,1-2H3,(H2,21,22,23). The van der Waals surface area contributed by atoms with Crippen LogP contribution < -0.4 is 15.4 Å². The van der Waals surface area contributed by atoms with Crippen LogP contribution in [0.3, 0.4) is 0 Å². The Labute approximate surface area is 152 Å². The molecule has 0 saturated heterocycles. The summed E-state index contributed by atoms with van der Waals surface area (Å²) in [5.41, 5.74) is 1.17. The van der Waals surface area contributed by atoms with Crippen LogP contribution in [0.15, 0.2) is 29.3 Å². The van der Waals surface area contributed by atoms with E-state index in [2.05, 4.69) is 33.8 Å². The van der Waals surface area contributed by atoms with E-state index in [0.717, 1.165) is 44.3 Å². The summed E-state index contributed by atoms with van der Waals surface area (Å²) in [6.07, 6.45) is 7.43. The third-order valence-electron chi connectivity index (χ3n) is 4.45. The van der Waals surface area contributed by atoms with Gasteiger partial charge in [0.25, 0.3) is 0 Å². The van der Waals surface area contributed by atoms with Gasteiger partial charge < -0.3 is 20.1 Å². The number of hydrogen-bond donors (Lipinski definition) is 2. The summed E-state index contributed by atoms with van der Waals surface area (Å²) in [6.45, 7) is 5.25. The zero-order valence-corrected chi connectivity index (χ0v) is 15.7. The fraction of sp³-hybridized carbons (Fsp3) is 0.650. The van der Waals surface area contributed by atoms with Crippen LogP contribution in [0.5, 0.6) is 5.75 Å². The molecule has 0 spiro atoms. The Kier molecular flexibility index (Phi) is 9.19. The molecule has 0 atom stereocenters. The summed E-state index contributed by atoms with van der Waals surface area (Å²) < 4.78 is 11.5. The Hall–Kier alpha value is -1.75. The predicted octanol–water partition coefficient (Wildman–Crippen LogP) is 3.49. The maximum atomic E-state index is 6.19. The monoisotopic (exact) mass is 347 g/mol. The van der Waals surface area contributed by atoms with Gasteiger partial charge in [-0.05, 0) is 51.5 Å². The van der Waals surface area contributed by atoms with E-state index in [-0.39, 0.29) is 0 Å². The number of hydrogen-bond acceptors (Lipinski definition) is 3. The van der Waals surface area contributed by atoms with E-state index in [1.54, 1.807) is 7.05 Å². The predicted molar refractivity (Wildman–Crippen MR) is 103 cm³/mol. The molecule has 1 aromatic carbocycles. The Balaban J connectivity index is 1.75. The van der Waals surface area contributed by atoms with Crippen molar-refractivity contribution in [1.29, 1.82) is 0 Å². The second-order valence-electron chi connectivity index (χ2n) is 6.39. The van der Waals surface area contributed by atoms with Crippen molar-refractivity contribution in [2.75, 3.05) is 26.8 Å². The first-order valence-corrected chi connectivity index (χ1v) is 9.60. The van der Waals surface area contributed by atoms with Gasteiger partial charge in [0.05, 0.1) is 6.10 Å². The van der Waals surface area contributed by atoms with Crippen molar-refractivity contribution in [2.24, 2.45) is 4.99 Å². The molecule has 1 aliphatic rings. The Bertz CT molecular complexity index is 513. The molecule has 0 aliphatic heterocycles. The number of ether oxygens (including phenoxy) is 2. The number of nitrogens with zero attached hydrogens (tertiary/aromatic N) is 1. The van der Waals surface area contributed by atoms with Crippen molar-refractivity contribution < 1.29 is 9.47 Å². The van der Waals surface area contributed by atoms with Gasteiger partial charge in [0, 0.05) is 38.9 Å². The third kappa shape index (κ3) is 7.34. The zero-order chi connectivity index (χ0) is 17.7. The lowest BCUT2D eigenvalue weighted by molar-refractivity contribution is 0.143. The number of benzene rings is 1. The smallest absolute Gasteiger partial charge is 0.191 e. The maximum absolute atomic E-state index is 6.19. The number of unbranched alkanes of at least 4 members (excludes halogenated alkanes) is 1. The van der Waals surface area contributed by atoms with Gasteiger partial charge in [0.2, 0.25) is 0 Å². The van der Waals surface area contributed by atoms with Crippen LogP contribution in [0, 0.1) is 0 Å². The molecule has 2 rings (SSSR count). The first-order valence-electron chi connectivity index (χ1n) is 9.60. The van der Waals surface area contributed by atoms with E-state index in [1.165, 1.54) is 31.2 Å². The second kappa shape index (κ2) is 11.7. The van der Waals surface area contributed by atoms with Crippen LogP contribution in [0.25, 0.3) is 0 Å². The zero-order valence-electron chi connectivity index (χ0n) is 15.7. The highest BCUT2D eigenvalue weighted by molar-refractivity contribution is 5.79. The first kappa shape index (κ1) is 19.6. The Morgan fingerprint density at radius 1 is 1.16 bits per heavy atom. The molecule has 140 valence electrons. The molecule has 2 N–H and O–H groups in total. The van der Waals surface area contributed by atoms with Gasteiger partial charge in [-0.3, -0.25) is 4.99 Å². The summed E-state index contributed by atoms with van der Waals surface area (Å²) in [5, 5.41) is 6.73. The summed E-state index contributed by atoms with van der Waals surface area (Å²) in [4.78, 5) is 4.29. The number of nitrogens with one attached hydrogen (secondary N) is 2. The van der Waals surface area contributed by atoms with Crippen molar-refractivity contribution in [3.8, 4) is 5.75 Å². The summed E-state index contributed by atoms with van der Waals surface area (Å²) >= 11 is 0. The normalized spacial score (nSPS) is 15.4. The first-order chi connectivity index (χ1) is 12.3. The highest BCUT2D eigenvalue weighted by atomic mass is 16.5. The summed E-state index contributed by atoms with van der Waals surface area (Å²) in [7, 11) is 1.80. The molecular weight excluding hydrogens is 314 g/mol. The highest BCUT2D eigenvalue weighted by Crippen LogP contribution is 2.26. The largest absolute Gasteiger partial charge is 0.490 e. The number of para-hydroxylation sites is 1. The van der Waals surface area contributed by atoms with Crippen LogP contribution in [0.2, 0.25) is 0 Å². The van der Waals surface area contributed by atoms with Crippen molar-refractivity contribution in [3.63, 3.8) is 0 Å². The minimum atomic E-state index is 0.379. The Morgan fingerprint density at radius 2 is 1.96 bits per heavy atom. The fourth-order valence-electron chi connectivity index (χ4n) is 3.03. The molecular formula is C20H33N3O2. The fourth-order valence-corrected chi connectivity index (χ4v) is 3.03. The molecule has 0 aromatic heterocycles. The second-order valence-corrected chi connectivity index (χ2v) is 6.39. The number of guanidine groups is 1. The lowest BCUT2D eigenvalue weighted by Crippen LogP contribution is -2.37. The van der Waals surface area contributed by atoms with Crippen LogP contribution in [0.1, 0.15) is 51.0 Å². The van der Waals surface area contributed by atoms with Gasteiger partial charge in [-0.1, -0.05) is 18.2 Å². The minimum absolute atomic E-state index is 0.379. The van der Waals surface area contributed by atoms with E-state index < -0.39 is 0 Å². The van der Waals surface area contributed by atoms with Gasteiger partial charge in [0.15, 0.2) is 5.96 Å². The topological polar surface area (TPSA) is 54.9 Å². The molecule has 1 saturated carbocycles. The molecule has 25 heavy (non-hydrogen) atoms. The van der Waals surface area contributed by atoms with Crippen molar-refractivity contribution >= 4 is 5.96 Å². The van der Waals surface area contributed by atoms with Crippen LogP contribution in [0.4, 0.5) is 0 Å². The van der Waals surface area contributed by atoms with Crippen LogP contribution in [-0.2, 0) is 11.3 Å². The maximum Gasteiger partial charge on any atom is 0.191 e. The molecule has 0 amide bonds. The molecule has 0 bridgehead atoms. The molecule has 5 nitrogen and oxygen atoms in total. The molecule has 1 fully saturated rings. The molecule has 1 aliphatic carbocycles. The van der Waals surface area contributed by atoms with Gasteiger partial charge in [0.1, 0.15) is 5.75 Å². The summed E-state index contributed by atoms with van der Waals surface area (Å²) in [6, 6.07) is 8.29. The van der Waals surface area contributed by atoms with Crippen molar-refractivity contribution in [1.82, 2.24) is 10.6 Å². The minimum Gasteiger partial charge on any atom is -0.490 e. The average molecular weight is 348 g/mol. The van der Waals surface area contributed by atoms with Gasteiger partial charge in [-0.15, -0.1) is 0 Å². The van der Waals surface area contributed by atoms with Crippen molar-refractivity contribution in [2.45, 2.75) is 58.1 Å². The van der Waals surface area contributed by atoms with E-state index in [0.29, 0.717) is 12.6 Å². The van der Waals surface area contributed by atoms with Gasteiger partial charge in [-0.2, -0.15) is 0 Å². The van der Waals surface area contributed by atoms with Crippen LogP contribution >= 0.6 is 0 Å². The van der Waals surface area contributed by atoms with E-state index in [4.69, 9.17) is 9.47 Å². The summed E-state index contributed by atoms with van der Waals surface area (Å²) in [5.74, 6) is 1.82. The molecule has 0 unspecified atom stereocenters. The lowest BCUT2D eigenvalue weighted by Gasteiger charge is -2.18. The van der Waals surface area contributed by atoms with Gasteiger partial charge >= 0.3 is 0 Å². The molecule has 0 radical (unpaired) electrons. The Morgan fingerprint density at radius 3 is 2.72 bits per heavy atom. The molecule has 5 heteroatoms. The highest BCUT2D eigenvalue weighted by Gasteiger charge is 2.17. The van der Waals surface area contributed by atoms with E-state index in [9.17, 15) is 0 Å². The van der Waals surface area contributed by atoms with Crippen LogP contribution in [-0.4, -0.2) is 38.9 Å². The number of aliphatic imine (C=N–C) groups is 1. The van der Waals surface area contributed by atoms with Gasteiger partial charge in [-0.25, -0.2) is 0 Å². The average Bonchev–Trinajstić information content (AvgIpc) is 3.15. The van der Waals surface area contributed by atoms with Crippen molar-refractivity contribution in [3.05, 3.63) is 29.8 Å². The van der Waals surface area contributed by atoms with E-state index in [1.807, 2.05) is 13.0 Å². The third-order valence-corrected chi connectivity index (χ3v) is 4.45. The molecule has 0 heterocycles. The lowest BCUT2D eigenvalue weighted by atomic mass is 10.2. The SMILES string of the molecule is CCOCCCCNC(=NC)NCc1ccccc1OC1CCCC1. The van der Waals surface area contributed by atoms with E-state index >= 15 is 0 Å². The number of rotatable bonds is 10. The molecule has 1 aromatic rings.